The third-order valence-electron chi connectivity index (χ3n) is 4.30. The molecule has 2 amide bonds. The zero-order chi connectivity index (χ0) is 16.8. The largest absolute Gasteiger partial charge is 0.347 e. The van der Waals surface area contributed by atoms with Gasteiger partial charge in [0.15, 0.2) is 0 Å². The smallest absolute Gasteiger partial charge is 0.244 e. The second kappa shape index (κ2) is 8.11. The van der Waals surface area contributed by atoms with Gasteiger partial charge in [-0.1, -0.05) is 30.3 Å². The Morgan fingerprint density at radius 3 is 2.65 bits per heavy atom. The van der Waals surface area contributed by atoms with Crippen LogP contribution in [0.5, 0.6) is 0 Å². The van der Waals surface area contributed by atoms with Crippen molar-refractivity contribution in [1.82, 2.24) is 15.1 Å². The van der Waals surface area contributed by atoms with E-state index < -0.39 is 6.04 Å². The average Bonchev–Trinajstić information content (AvgIpc) is 2.55. The van der Waals surface area contributed by atoms with Crippen LogP contribution < -0.4 is 5.32 Å². The number of likely N-dealkylation sites (N-methyl/N-ethyl adjacent to an activating group) is 1. The van der Waals surface area contributed by atoms with Gasteiger partial charge in [0.1, 0.15) is 6.04 Å². The molecule has 0 spiro atoms. The van der Waals surface area contributed by atoms with Gasteiger partial charge in [-0.25, -0.2) is 0 Å². The minimum atomic E-state index is -0.470. The summed E-state index contributed by atoms with van der Waals surface area (Å²) in [5, 5.41) is 2.86. The normalized spacial score (nSPS) is 19.9. The van der Waals surface area contributed by atoms with Crippen molar-refractivity contribution < 1.29 is 9.59 Å². The molecule has 0 saturated carbocycles. The van der Waals surface area contributed by atoms with Crippen molar-refractivity contribution >= 4 is 11.8 Å². The molecule has 1 N–H and O–H groups in total. The van der Waals surface area contributed by atoms with E-state index in [4.69, 9.17) is 0 Å². The van der Waals surface area contributed by atoms with Crippen molar-refractivity contribution in [2.45, 2.75) is 32.4 Å². The maximum absolute atomic E-state index is 12.4. The van der Waals surface area contributed by atoms with Crippen molar-refractivity contribution in [3.05, 3.63) is 35.9 Å². The molecule has 1 aromatic carbocycles. The van der Waals surface area contributed by atoms with Crippen molar-refractivity contribution in [3.63, 3.8) is 0 Å². The van der Waals surface area contributed by atoms with Gasteiger partial charge >= 0.3 is 0 Å². The Morgan fingerprint density at radius 2 is 2.00 bits per heavy atom. The highest BCUT2D eigenvalue weighted by atomic mass is 16.2. The molecule has 0 radical (unpaired) electrons. The lowest BCUT2D eigenvalue weighted by molar-refractivity contribution is -0.135. The van der Waals surface area contributed by atoms with Crippen molar-refractivity contribution in [2.24, 2.45) is 5.92 Å². The summed E-state index contributed by atoms with van der Waals surface area (Å²) in [5.41, 5.74) is 1.27. The second-order valence-electron chi connectivity index (χ2n) is 6.52. The van der Waals surface area contributed by atoms with E-state index in [1.165, 1.54) is 10.5 Å². The van der Waals surface area contributed by atoms with Crippen molar-refractivity contribution in [2.75, 3.05) is 27.2 Å². The molecule has 1 saturated heterocycles. The van der Waals surface area contributed by atoms with Gasteiger partial charge in [-0.3, -0.25) is 14.5 Å². The van der Waals surface area contributed by atoms with E-state index >= 15 is 0 Å². The van der Waals surface area contributed by atoms with E-state index in [2.05, 4.69) is 22.3 Å². The topological polar surface area (TPSA) is 52.7 Å². The average molecular weight is 317 g/mol. The van der Waals surface area contributed by atoms with E-state index in [0.29, 0.717) is 0 Å². The lowest BCUT2D eigenvalue weighted by Gasteiger charge is -2.32. The fourth-order valence-electron chi connectivity index (χ4n) is 3.04. The molecule has 126 valence electrons. The van der Waals surface area contributed by atoms with Crippen LogP contribution in [0.25, 0.3) is 0 Å². The molecule has 23 heavy (non-hydrogen) atoms. The first-order chi connectivity index (χ1) is 11.0. The highest BCUT2D eigenvalue weighted by Gasteiger charge is 2.28. The first kappa shape index (κ1) is 17.5. The highest BCUT2D eigenvalue weighted by molar-refractivity contribution is 5.88. The molecule has 1 heterocycles. The third kappa shape index (κ3) is 5.06. The first-order valence-corrected chi connectivity index (χ1v) is 8.25. The number of likely N-dealkylation sites (tertiary alicyclic amines) is 1. The van der Waals surface area contributed by atoms with Gasteiger partial charge in [-0.15, -0.1) is 0 Å². The predicted octanol–water partition coefficient (Wildman–Crippen LogP) is 1.49. The van der Waals surface area contributed by atoms with Crippen molar-refractivity contribution in [1.29, 1.82) is 0 Å². The lowest BCUT2D eigenvalue weighted by Crippen LogP contribution is -2.49. The number of rotatable bonds is 5. The summed E-state index contributed by atoms with van der Waals surface area (Å²) in [7, 11) is 3.40. The van der Waals surface area contributed by atoms with E-state index in [-0.39, 0.29) is 17.7 Å². The maximum Gasteiger partial charge on any atom is 0.244 e. The molecule has 0 aromatic heterocycles. The quantitative estimate of drug-likeness (QED) is 0.895. The summed E-state index contributed by atoms with van der Waals surface area (Å²) in [5.74, 6) is -0.120. The molecular weight excluding hydrogens is 290 g/mol. The monoisotopic (exact) mass is 317 g/mol. The Morgan fingerprint density at radius 1 is 1.30 bits per heavy atom. The number of benzene rings is 1. The van der Waals surface area contributed by atoms with E-state index in [1.54, 1.807) is 21.0 Å². The van der Waals surface area contributed by atoms with Crippen LogP contribution in [0, 0.1) is 5.92 Å². The zero-order valence-electron chi connectivity index (χ0n) is 14.3. The fraction of sp³-hybridized carbons (Fsp3) is 0.556. The number of carbonyl (C=O) groups is 2. The van der Waals surface area contributed by atoms with Gasteiger partial charge in [-0.2, -0.15) is 0 Å². The molecule has 1 aliphatic heterocycles. The molecular formula is C18H27N3O2. The summed E-state index contributed by atoms with van der Waals surface area (Å²) >= 11 is 0. The molecule has 1 aromatic rings. The molecule has 2 atom stereocenters. The summed E-state index contributed by atoms with van der Waals surface area (Å²) in [6, 6.07) is 9.85. The summed E-state index contributed by atoms with van der Waals surface area (Å²) in [6.07, 6.45) is 1.90. The number of amides is 2. The summed E-state index contributed by atoms with van der Waals surface area (Å²) < 4.78 is 0. The van der Waals surface area contributed by atoms with Crippen LogP contribution in [-0.4, -0.2) is 54.8 Å². The van der Waals surface area contributed by atoms with E-state index in [9.17, 15) is 9.59 Å². The van der Waals surface area contributed by atoms with Gasteiger partial charge in [0, 0.05) is 27.2 Å². The Kier molecular flexibility index (Phi) is 6.16. The Labute approximate surface area is 138 Å². The standard InChI is InChI=1S/C18H27N3O2/c1-14(18(23)20(2)3)19-17(22)16-10-7-11-21(13-16)12-15-8-5-4-6-9-15/h4-6,8-9,14,16H,7,10-13H2,1-3H3,(H,19,22)/t14-,16-/m0/s1. The first-order valence-electron chi connectivity index (χ1n) is 8.25. The Hall–Kier alpha value is -1.88. The third-order valence-corrected chi connectivity index (χ3v) is 4.30. The lowest BCUT2D eigenvalue weighted by atomic mass is 9.96. The fourth-order valence-corrected chi connectivity index (χ4v) is 3.04. The molecule has 0 unspecified atom stereocenters. The SMILES string of the molecule is C[C@H](NC(=O)[C@H]1CCCN(Cc2ccccc2)C1)C(=O)N(C)C. The summed E-state index contributed by atoms with van der Waals surface area (Å²) in [6.45, 7) is 4.38. The van der Waals surface area contributed by atoms with Crippen LogP contribution in [0.4, 0.5) is 0 Å². The van der Waals surface area contributed by atoms with Crippen LogP contribution in [0.3, 0.4) is 0 Å². The molecule has 5 heteroatoms. The minimum absolute atomic E-state index is 0.00883. The van der Waals surface area contributed by atoms with Gasteiger partial charge < -0.3 is 10.2 Å². The number of piperidine rings is 1. The number of hydrogen-bond donors (Lipinski definition) is 1. The van der Waals surface area contributed by atoms with Gasteiger partial charge in [0.2, 0.25) is 11.8 Å². The number of nitrogens with one attached hydrogen (secondary N) is 1. The van der Waals surface area contributed by atoms with Crippen molar-refractivity contribution in [3.8, 4) is 0 Å². The van der Waals surface area contributed by atoms with Crippen LogP contribution >= 0.6 is 0 Å². The molecule has 0 aliphatic carbocycles. The van der Waals surface area contributed by atoms with E-state index in [0.717, 1.165) is 32.5 Å². The second-order valence-corrected chi connectivity index (χ2v) is 6.52. The van der Waals surface area contributed by atoms with Crippen LogP contribution in [-0.2, 0) is 16.1 Å². The van der Waals surface area contributed by atoms with Gasteiger partial charge in [0.05, 0.1) is 5.92 Å². The number of carbonyl (C=O) groups excluding carboxylic acids is 2. The molecule has 1 aliphatic rings. The highest BCUT2D eigenvalue weighted by Crippen LogP contribution is 2.19. The van der Waals surface area contributed by atoms with E-state index in [1.807, 2.05) is 18.2 Å². The molecule has 1 fully saturated rings. The maximum atomic E-state index is 12.4. The molecule has 5 nitrogen and oxygen atoms in total. The molecule has 2 rings (SSSR count). The van der Waals surface area contributed by atoms with Crippen LogP contribution in [0.15, 0.2) is 30.3 Å². The summed E-state index contributed by atoms with van der Waals surface area (Å²) in [4.78, 5) is 28.1. The number of nitrogens with zero attached hydrogens (tertiary/aromatic N) is 2. The van der Waals surface area contributed by atoms with Gasteiger partial charge in [0.25, 0.3) is 0 Å². The molecule has 0 bridgehead atoms. The number of hydrogen-bond acceptors (Lipinski definition) is 3. The van der Waals surface area contributed by atoms with Crippen LogP contribution in [0.1, 0.15) is 25.3 Å². The predicted molar refractivity (Wildman–Crippen MR) is 90.7 cm³/mol. The Bertz CT molecular complexity index is 530. The van der Waals surface area contributed by atoms with Gasteiger partial charge in [-0.05, 0) is 31.9 Å². The zero-order valence-corrected chi connectivity index (χ0v) is 14.3. The van der Waals surface area contributed by atoms with Crippen LogP contribution in [0.2, 0.25) is 0 Å². The Balaban J connectivity index is 1.87. The minimum Gasteiger partial charge on any atom is -0.347 e.